The lowest BCUT2D eigenvalue weighted by Gasteiger charge is -2.46. The number of nitrogens with one attached hydrogen (secondary N) is 1. The van der Waals surface area contributed by atoms with E-state index in [1.807, 2.05) is 11.3 Å². The van der Waals surface area contributed by atoms with Crippen LogP contribution in [-0.2, 0) is 0 Å². The molecule has 0 spiro atoms. The topological polar surface area (TPSA) is 15.3 Å². The van der Waals surface area contributed by atoms with Crippen molar-refractivity contribution in [1.82, 2.24) is 10.2 Å². The highest BCUT2D eigenvalue weighted by atomic mass is 32.1. The van der Waals surface area contributed by atoms with Crippen LogP contribution < -0.4 is 5.32 Å². The first-order valence-electron chi connectivity index (χ1n) is 8.21. The summed E-state index contributed by atoms with van der Waals surface area (Å²) in [6.45, 7) is 12.4. The minimum atomic E-state index is 0.326. The maximum absolute atomic E-state index is 3.81. The molecule has 1 fully saturated rings. The van der Waals surface area contributed by atoms with Crippen LogP contribution in [0.25, 0.3) is 0 Å². The van der Waals surface area contributed by atoms with Gasteiger partial charge in [-0.2, -0.15) is 0 Å². The average Bonchev–Trinajstić information content (AvgIpc) is 3.08. The summed E-state index contributed by atoms with van der Waals surface area (Å²) < 4.78 is 0. The summed E-state index contributed by atoms with van der Waals surface area (Å²) in [7, 11) is 0. The lowest BCUT2D eigenvalue weighted by atomic mass is 9.82. The van der Waals surface area contributed by atoms with Crippen molar-refractivity contribution in [1.29, 1.82) is 0 Å². The molecule has 1 aliphatic rings. The van der Waals surface area contributed by atoms with E-state index < -0.39 is 0 Å². The molecule has 2 nitrogen and oxygen atoms in total. The SMILES string of the molecule is CCNC(c1csc(C)c1)C1(N(CC)CC)CCCC1. The van der Waals surface area contributed by atoms with Crippen LogP contribution in [0, 0.1) is 6.92 Å². The third-order valence-electron chi connectivity index (χ3n) is 4.89. The van der Waals surface area contributed by atoms with Crippen LogP contribution in [-0.4, -0.2) is 30.1 Å². The molecule has 2 rings (SSSR count). The predicted molar refractivity (Wildman–Crippen MR) is 89.6 cm³/mol. The zero-order valence-corrected chi connectivity index (χ0v) is 14.4. The lowest BCUT2D eigenvalue weighted by molar-refractivity contribution is 0.0633. The summed E-state index contributed by atoms with van der Waals surface area (Å²) in [5.74, 6) is 0. The molecule has 0 saturated heterocycles. The van der Waals surface area contributed by atoms with Crippen molar-refractivity contribution in [3.8, 4) is 0 Å². The van der Waals surface area contributed by atoms with Crippen LogP contribution in [0.1, 0.15) is 62.9 Å². The van der Waals surface area contributed by atoms with Gasteiger partial charge in [-0.25, -0.2) is 0 Å². The second-order valence-corrected chi connectivity index (χ2v) is 7.08. The summed E-state index contributed by atoms with van der Waals surface area (Å²) >= 11 is 1.88. The Bertz CT molecular complexity index is 403. The van der Waals surface area contributed by atoms with E-state index in [4.69, 9.17) is 0 Å². The van der Waals surface area contributed by atoms with Gasteiger partial charge >= 0.3 is 0 Å². The summed E-state index contributed by atoms with van der Waals surface area (Å²) in [5, 5.41) is 6.18. The molecule has 1 saturated carbocycles. The Labute approximate surface area is 128 Å². The Kier molecular flexibility index (Phi) is 5.65. The molecular formula is C17H30N2S. The summed E-state index contributed by atoms with van der Waals surface area (Å²) in [6, 6.07) is 2.88. The van der Waals surface area contributed by atoms with Gasteiger partial charge in [0.2, 0.25) is 0 Å². The second-order valence-electron chi connectivity index (χ2n) is 5.96. The molecule has 1 aromatic heterocycles. The Balaban J connectivity index is 2.37. The number of hydrogen-bond acceptors (Lipinski definition) is 3. The van der Waals surface area contributed by atoms with Crippen LogP contribution in [0.2, 0.25) is 0 Å². The molecule has 1 heterocycles. The fraction of sp³-hybridized carbons (Fsp3) is 0.765. The van der Waals surface area contributed by atoms with Crippen LogP contribution in [0.3, 0.4) is 0 Å². The Morgan fingerprint density at radius 2 is 1.90 bits per heavy atom. The molecule has 1 unspecified atom stereocenters. The molecular weight excluding hydrogens is 264 g/mol. The van der Waals surface area contributed by atoms with Crippen LogP contribution in [0.4, 0.5) is 0 Å². The number of hydrogen-bond donors (Lipinski definition) is 1. The molecule has 0 radical (unpaired) electrons. The molecule has 20 heavy (non-hydrogen) atoms. The van der Waals surface area contributed by atoms with Gasteiger partial charge in [0.05, 0.1) is 6.04 Å². The summed E-state index contributed by atoms with van der Waals surface area (Å²) in [6.07, 6.45) is 5.42. The van der Waals surface area contributed by atoms with Crippen molar-refractivity contribution >= 4 is 11.3 Å². The first-order chi connectivity index (χ1) is 9.67. The molecule has 0 aromatic carbocycles. The van der Waals surface area contributed by atoms with E-state index in [0.29, 0.717) is 11.6 Å². The van der Waals surface area contributed by atoms with Gasteiger partial charge in [-0.15, -0.1) is 11.3 Å². The minimum Gasteiger partial charge on any atom is -0.309 e. The number of aryl methyl sites for hydroxylation is 1. The van der Waals surface area contributed by atoms with Gasteiger partial charge in [0, 0.05) is 10.4 Å². The van der Waals surface area contributed by atoms with Gasteiger partial charge in [-0.05, 0) is 56.4 Å². The lowest BCUT2D eigenvalue weighted by Crippen LogP contribution is -2.54. The fourth-order valence-electron chi connectivity index (χ4n) is 4.07. The van der Waals surface area contributed by atoms with E-state index >= 15 is 0 Å². The van der Waals surface area contributed by atoms with Crippen molar-refractivity contribution in [2.75, 3.05) is 19.6 Å². The highest BCUT2D eigenvalue weighted by Crippen LogP contribution is 2.45. The molecule has 0 amide bonds. The zero-order chi connectivity index (χ0) is 14.6. The maximum atomic E-state index is 3.81. The summed E-state index contributed by atoms with van der Waals surface area (Å²) in [5.41, 5.74) is 1.83. The number of likely N-dealkylation sites (N-methyl/N-ethyl adjacent to an activating group) is 2. The van der Waals surface area contributed by atoms with E-state index in [1.165, 1.54) is 36.1 Å². The van der Waals surface area contributed by atoms with Crippen LogP contribution >= 0.6 is 11.3 Å². The first-order valence-corrected chi connectivity index (χ1v) is 9.09. The van der Waals surface area contributed by atoms with Crippen molar-refractivity contribution in [3.63, 3.8) is 0 Å². The van der Waals surface area contributed by atoms with Gasteiger partial charge < -0.3 is 5.32 Å². The third-order valence-corrected chi connectivity index (χ3v) is 5.77. The fourth-order valence-corrected chi connectivity index (χ4v) is 4.80. The van der Waals surface area contributed by atoms with E-state index in [9.17, 15) is 0 Å². The Morgan fingerprint density at radius 1 is 1.25 bits per heavy atom. The summed E-state index contributed by atoms with van der Waals surface area (Å²) in [4.78, 5) is 4.14. The monoisotopic (exact) mass is 294 g/mol. The smallest absolute Gasteiger partial charge is 0.0515 e. The number of rotatable bonds is 7. The first kappa shape index (κ1) is 16.0. The zero-order valence-electron chi connectivity index (χ0n) is 13.5. The Morgan fingerprint density at radius 3 is 2.35 bits per heavy atom. The van der Waals surface area contributed by atoms with Crippen LogP contribution in [0.5, 0.6) is 0 Å². The van der Waals surface area contributed by atoms with Gasteiger partial charge in [-0.1, -0.05) is 33.6 Å². The molecule has 0 aliphatic heterocycles. The highest BCUT2D eigenvalue weighted by Gasteiger charge is 2.45. The van der Waals surface area contributed by atoms with Gasteiger partial charge in [0.1, 0.15) is 0 Å². The normalized spacial score (nSPS) is 19.6. The average molecular weight is 295 g/mol. The van der Waals surface area contributed by atoms with E-state index in [2.05, 4.69) is 49.4 Å². The number of nitrogens with zero attached hydrogens (tertiary/aromatic N) is 1. The second kappa shape index (κ2) is 7.06. The van der Waals surface area contributed by atoms with E-state index in [0.717, 1.165) is 19.6 Å². The largest absolute Gasteiger partial charge is 0.309 e. The van der Waals surface area contributed by atoms with Gasteiger partial charge in [-0.3, -0.25) is 4.90 Å². The van der Waals surface area contributed by atoms with Gasteiger partial charge in [0.25, 0.3) is 0 Å². The molecule has 3 heteroatoms. The van der Waals surface area contributed by atoms with Crippen molar-refractivity contribution < 1.29 is 0 Å². The molecule has 0 bridgehead atoms. The highest BCUT2D eigenvalue weighted by molar-refractivity contribution is 7.10. The standard InChI is InChI=1S/C17H30N2S/c1-5-18-16(15-12-14(4)20-13-15)17(10-8-9-11-17)19(6-2)7-3/h12-13,16,18H,5-11H2,1-4H3. The van der Waals surface area contributed by atoms with E-state index in [1.54, 1.807) is 0 Å². The minimum absolute atomic E-state index is 0.326. The molecule has 1 atom stereocenters. The quantitative estimate of drug-likeness (QED) is 0.803. The molecule has 1 N–H and O–H groups in total. The van der Waals surface area contributed by atoms with Crippen LogP contribution in [0.15, 0.2) is 11.4 Å². The Hall–Kier alpha value is -0.380. The number of thiophene rings is 1. The third kappa shape index (κ3) is 2.95. The van der Waals surface area contributed by atoms with Gasteiger partial charge in [0.15, 0.2) is 0 Å². The predicted octanol–water partition coefficient (Wildman–Crippen LogP) is 4.36. The van der Waals surface area contributed by atoms with Crippen molar-refractivity contribution in [2.45, 2.75) is 65.0 Å². The van der Waals surface area contributed by atoms with E-state index in [-0.39, 0.29) is 0 Å². The molecule has 1 aliphatic carbocycles. The van der Waals surface area contributed by atoms with Crippen molar-refractivity contribution in [3.05, 3.63) is 21.9 Å². The van der Waals surface area contributed by atoms with Crippen molar-refractivity contribution in [2.24, 2.45) is 0 Å². The molecule has 114 valence electrons. The maximum Gasteiger partial charge on any atom is 0.0515 e. The molecule has 1 aromatic rings.